The number of hydrogen-bond donors (Lipinski definition) is 2. The topological polar surface area (TPSA) is 36.0 Å². The third kappa shape index (κ3) is 1.33. The minimum absolute atomic E-state index is 0.374. The van der Waals surface area contributed by atoms with Gasteiger partial charge in [-0.2, -0.15) is 0 Å². The van der Waals surface area contributed by atoms with Crippen molar-refractivity contribution >= 4 is 26.8 Å². The minimum Gasteiger partial charge on any atom is -0.505 e. The lowest BCUT2D eigenvalue weighted by Crippen LogP contribution is -1.77. The molecule has 0 amide bonds. The van der Waals surface area contributed by atoms with Gasteiger partial charge < -0.3 is 10.1 Å². The zero-order valence-electron chi connectivity index (χ0n) is 7.26. The molecule has 0 atom stereocenters. The summed E-state index contributed by atoms with van der Waals surface area (Å²) in [6, 6.07) is 5.83. The molecule has 1 aromatic heterocycles. The monoisotopic (exact) mass is 239 g/mol. The molecule has 1 heterocycles. The standard InChI is InChI=1S/C10H10BrNO/c1-2-8-10(13)7-5-6(11)3-4-9(7)12-8/h3-5,12-13H,2H2,1H3. The fourth-order valence-electron chi connectivity index (χ4n) is 1.46. The molecule has 0 saturated carbocycles. The number of hydrogen-bond acceptors (Lipinski definition) is 1. The second-order valence-electron chi connectivity index (χ2n) is 3.00. The van der Waals surface area contributed by atoms with Gasteiger partial charge in [0.15, 0.2) is 0 Å². The Kier molecular flexibility index (Phi) is 2.04. The Bertz CT molecular complexity index is 447. The molecule has 0 saturated heterocycles. The van der Waals surface area contributed by atoms with Crippen LogP contribution in [0.1, 0.15) is 12.6 Å². The maximum absolute atomic E-state index is 9.76. The van der Waals surface area contributed by atoms with E-state index >= 15 is 0 Å². The van der Waals surface area contributed by atoms with Gasteiger partial charge in [-0.25, -0.2) is 0 Å². The van der Waals surface area contributed by atoms with E-state index in [1.807, 2.05) is 25.1 Å². The largest absolute Gasteiger partial charge is 0.505 e. The van der Waals surface area contributed by atoms with E-state index in [9.17, 15) is 5.11 Å². The quantitative estimate of drug-likeness (QED) is 0.788. The summed E-state index contributed by atoms with van der Waals surface area (Å²) < 4.78 is 0.983. The molecule has 0 spiro atoms. The van der Waals surface area contributed by atoms with Gasteiger partial charge in [0.05, 0.1) is 5.69 Å². The van der Waals surface area contributed by atoms with E-state index in [4.69, 9.17) is 0 Å². The minimum atomic E-state index is 0.374. The second kappa shape index (κ2) is 3.07. The highest BCUT2D eigenvalue weighted by Crippen LogP contribution is 2.31. The van der Waals surface area contributed by atoms with Crippen LogP contribution >= 0.6 is 15.9 Å². The van der Waals surface area contributed by atoms with Gasteiger partial charge in [0.2, 0.25) is 0 Å². The molecule has 0 bridgehead atoms. The summed E-state index contributed by atoms with van der Waals surface area (Å²) in [5.74, 6) is 0.374. The molecule has 2 nitrogen and oxygen atoms in total. The van der Waals surface area contributed by atoms with Crippen molar-refractivity contribution in [3.05, 3.63) is 28.4 Å². The van der Waals surface area contributed by atoms with Crippen LogP contribution in [-0.2, 0) is 6.42 Å². The summed E-state index contributed by atoms with van der Waals surface area (Å²) in [6.45, 7) is 2.01. The number of halogens is 1. The summed E-state index contributed by atoms with van der Waals surface area (Å²) in [5.41, 5.74) is 1.88. The van der Waals surface area contributed by atoms with Crippen molar-refractivity contribution in [1.82, 2.24) is 4.98 Å². The van der Waals surface area contributed by atoms with Gasteiger partial charge in [-0.3, -0.25) is 0 Å². The smallest absolute Gasteiger partial charge is 0.144 e. The third-order valence-corrected chi connectivity index (χ3v) is 2.65. The SMILES string of the molecule is CCc1[nH]c2ccc(Br)cc2c1O. The van der Waals surface area contributed by atoms with Gasteiger partial charge in [0, 0.05) is 15.4 Å². The number of aryl methyl sites for hydroxylation is 1. The number of rotatable bonds is 1. The zero-order valence-corrected chi connectivity index (χ0v) is 8.85. The first-order valence-electron chi connectivity index (χ1n) is 4.21. The third-order valence-electron chi connectivity index (χ3n) is 2.16. The Morgan fingerprint density at radius 2 is 2.23 bits per heavy atom. The average Bonchev–Trinajstić information content (AvgIpc) is 2.44. The Morgan fingerprint density at radius 3 is 2.92 bits per heavy atom. The first-order valence-corrected chi connectivity index (χ1v) is 5.00. The zero-order chi connectivity index (χ0) is 9.42. The van der Waals surface area contributed by atoms with E-state index < -0.39 is 0 Å². The van der Waals surface area contributed by atoms with Crippen molar-refractivity contribution in [3.63, 3.8) is 0 Å². The van der Waals surface area contributed by atoms with Gasteiger partial charge in [0.25, 0.3) is 0 Å². The van der Waals surface area contributed by atoms with E-state index in [0.29, 0.717) is 5.75 Å². The number of aromatic nitrogens is 1. The first-order chi connectivity index (χ1) is 6.22. The lowest BCUT2D eigenvalue weighted by atomic mass is 10.2. The van der Waals surface area contributed by atoms with Gasteiger partial charge in [0.1, 0.15) is 5.75 Å². The van der Waals surface area contributed by atoms with Crippen LogP contribution in [0.4, 0.5) is 0 Å². The van der Waals surface area contributed by atoms with Crippen molar-refractivity contribution in [2.24, 2.45) is 0 Å². The molecule has 68 valence electrons. The molecule has 0 aliphatic carbocycles. The van der Waals surface area contributed by atoms with Crippen molar-refractivity contribution in [2.75, 3.05) is 0 Å². The average molecular weight is 240 g/mol. The first kappa shape index (κ1) is 8.63. The molecule has 3 heteroatoms. The lowest BCUT2D eigenvalue weighted by Gasteiger charge is -1.92. The number of aromatic amines is 1. The van der Waals surface area contributed by atoms with Crippen LogP contribution in [0.3, 0.4) is 0 Å². The van der Waals surface area contributed by atoms with Crippen LogP contribution in [0.5, 0.6) is 5.75 Å². The van der Waals surface area contributed by atoms with Crippen LogP contribution < -0.4 is 0 Å². The van der Waals surface area contributed by atoms with Crippen molar-refractivity contribution < 1.29 is 5.11 Å². The number of aromatic hydroxyl groups is 1. The number of benzene rings is 1. The van der Waals surface area contributed by atoms with Gasteiger partial charge in [-0.1, -0.05) is 22.9 Å². The maximum atomic E-state index is 9.76. The highest BCUT2D eigenvalue weighted by molar-refractivity contribution is 9.10. The maximum Gasteiger partial charge on any atom is 0.144 e. The molecule has 0 aliphatic heterocycles. The molecule has 0 aliphatic rings. The van der Waals surface area contributed by atoms with Gasteiger partial charge >= 0.3 is 0 Å². The second-order valence-corrected chi connectivity index (χ2v) is 3.91. The summed E-state index contributed by atoms with van der Waals surface area (Å²) in [5, 5.41) is 10.6. The molecule has 0 unspecified atom stereocenters. The van der Waals surface area contributed by atoms with E-state index in [-0.39, 0.29) is 0 Å². The molecule has 2 aromatic rings. The molecule has 0 fully saturated rings. The predicted octanol–water partition coefficient (Wildman–Crippen LogP) is 3.20. The van der Waals surface area contributed by atoms with Crippen molar-refractivity contribution in [3.8, 4) is 5.75 Å². The number of H-pyrrole nitrogens is 1. The summed E-state index contributed by atoms with van der Waals surface area (Å²) in [7, 11) is 0. The summed E-state index contributed by atoms with van der Waals surface area (Å²) >= 11 is 3.37. The Morgan fingerprint density at radius 1 is 1.46 bits per heavy atom. The number of nitrogens with one attached hydrogen (secondary N) is 1. The van der Waals surface area contributed by atoms with Crippen molar-refractivity contribution in [1.29, 1.82) is 0 Å². The lowest BCUT2D eigenvalue weighted by molar-refractivity contribution is 0.474. The highest BCUT2D eigenvalue weighted by Gasteiger charge is 2.08. The highest BCUT2D eigenvalue weighted by atomic mass is 79.9. The Hall–Kier alpha value is -0.960. The van der Waals surface area contributed by atoms with Crippen LogP contribution in [0, 0.1) is 0 Å². The van der Waals surface area contributed by atoms with Crippen LogP contribution in [0.15, 0.2) is 22.7 Å². The van der Waals surface area contributed by atoms with Crippen LogP contribution in [0.25, 0.3) is 10.9 Å². The molecule has 13 heavy (non-hydrogen) atoms. The van der Waals surface area contributed by atoms with E-state index in [2.05, 4.69) is 20.9 Å². The number of fused-ring (bicyclic) bond motifs is 1. The van der Waals surface area contributed by atoms with Crippen LogP contribution in [-0.4, -0.2) is 10.1 Å². The molecule has 2 rings (SSSR count). The predicted molar refractivity (Wildman–Crippen MR) is 57.0 cm³/mol. The Labute approximate surface area is 84.7 Å². The fourth-order valence-corrected chi connectivity index (χ4v) is 1.82. The summed E-state index contributed by atoms with van der Waals surface area (Å²) in [4.78, 5) is 3.17. The molecular formula is C10H10BrNO. The van der Waals surface area contributed by atoms with E-state index in [1.54, 1.807) is 0 Å². The summed E-state index contributed by atoms with van der Waals surface area (Å²) in [6.07, 6.45) is 0.818. The molecular weight excluding hydrogens is 230 g/mol. The Balaban J connectivity index is 2.77. The van der Waals surface area contributed by atoms with Crippen molar-refractivity contribution in [2.45, 2.75) is 13.3 Å². The van der Waals surface area contributed by atoms with E-state index in [0.717, 1.165) is 27.5 Å². The molecule has 1 aromatic carbocycles. The normalized spacial score (nSPS) is 10.9. The molecule has 2 N–H and O–H groups in total. The fraction of sp³-hybridized carbons (Fsp3) is 0.200. The van der Waals surface area contributed by atoms with Crippen LogP contribution in [0.2, 0.25) is 0 Å². The van der Waals surface area contributed by atoms with E-state index in [1.165, 1.54) is 0 Å². The van der Waals surface area contributed by atoms with Gasteiger partial charge in [-0.15, -0.1) is 0 Å². The molecule has 0 radical (unpaired) electrons. The van der Waals surface area contributed by atoms with Gasteiger partial charge in [-0.05, 0) is 24.6 Å².